The Morgan fingerprint density at radius 2 is 2.00 bits per heavy atom. The number of hydrogen-bond acceptors (Lipinski definition) is 5. The minimum Gasteiger partial charge on any atom is -0.481 e. The van der Waals surface area contributed by atoms with Crippen LogP contribution in [0.3, 0.4) is 0 Å². The summed E-state index contributed by atoms with van der Waals surface area (Å²) in [6.07, 6.45) is -0.0155. The summed E-state index contributed by atoms with van der Waals surface area (Å²) in [5.41, 5.74) is 0. The first kappa shape index (κ1) is 17.3. The van der Waals surface area contributed by atoms with Gasteiger partial charge in [-0.3, -0.25) is 4.79 Å². The van der Waals surface area contributed by atoms with Gasteiger partial charge in [0, 0.05) is 26.2 Å². The smallest absolute Gasteiger partial charge is 0.304 e. The Morgan fingerprint density at radius 1 is 1.40 bits per heavy atom. The lowest BCUT2D eigenvalue weighted by Gasteiger charge is -2.30. The molecule has 0 saturated carbocycles. The minimum atomic E-state index is -3.84. The van der Waals surface area contributed by atoms with E-state index >= 15 is 0 Å². The van der Waals surface area contributed by atoms with Crippen LogP contribution in [0.2, 0.25) is 0 Å². The molecule has 1 N–H and O–H groups in total. The molecule has 0 spiro atoms. The maximum Gasteiger partial charge on any atom is 0.304 e. The van der Waals surface area contributed by atoms with Crippen molar-refractivity contribution in [3.63, 3.8) is 0 Å². The average molecular weight is 328 g/mol. The molecular formula is C10H20N2O6S2. The third-order valence-electron chi connectivity index (χ3n) is 3.26. The number of nitrogens with zero attached hydrogens (tertiary/aromatic N) is 2. The Labute approximate surface area is 119 Å². The second-order valence-electron chi connectivity index (χ2n) is 4.73. The van der Waals surface area contributed by atoms with Crippen molar-refractivity contribution in [3.8, 4) is 0 Å². The number of sulfone groups is 1. The lowest BCUT2D eigenvalue weighted by atomic mass is 10.3. The Hall–Kier alpha value is -0.710. The van der Waals surface area contributed by atoms with Crippen LogP contribution >= 0.6 is 0 Å². The molecule has 0 aliphatic carbocycles. The number of rotatable bonds is 7. The normalized spacial score (nSPS) is 22.5. The van der Waals surface area contributed by atoms with Gasteiger partial charge in [-0.1, -0.05) is 6.92 Å². The van der Waals surface area contributed by atoms with Crippen LogP contribution in [0.25, 0.3) is 0 Å². The zero-order valence-corrected chi connectivity index (χ0v) is 13.2. The number of hydrogen-bond donors (Lipinski definition) is 1. The number of carboxylic acid groups (broad SMARTS) is 1. The summed E-state index contributed by atoms with van der Waals surface area (Å²) < 4.78 is 49.7. The van der Waals surface area contributed by atoms with Gasteiger partial charge in [0.05, 0.1) is 17.9 Å². The maximum absolute atomic E-state index is 12.3. The van der Waals surface area contributed by atoms with Crippen LogP contribution in [0.1, 0.15) is 19.8 Å². The zero-order chi connectivity index (χ0) is 15.6. The Morgan fingerprint density at radius 3 is 2.40 bits per heavy atom. The van der Waals surface area contributed by atoms with Crippen molar-refractivity contribution >= 4 is 26.0 Å². The molecule has 1 aliphatic rings. The van der Waals surface area contributed by atoms with Gasteiger partial charge in [-0.15, -0.1) is 0 Å². The van der Waals surface area contributed by atoms with E-state index in [0.29, 0.717) is 0 Å². The van der Waals surface area contributed by atoms with Gasteiger partial charge < -0.3 is 5.11 Å². The van der Waals surface area contributed by atoms with Crippen LogP contribution in [0.15, 0.2) is 0 Å². The Kier molecular flexibility index (Phi) is 5.53. The van der Waals surface area contributed by atoms with Crippen LogP contribution in [0, 0.1) is 0 Å². The van der Waals surface area contributed by atoms with Crippen molar-refractivity contribution in [2.24, 2.45) is 0 Å². The van der Waals surface area contributed by atoms with Crippen molar-refractivity contribution in [1.29, 1.82) is 0 Å². The minimum absolute atomic E-state index is 0.0114. The second kappa shape index (κ2) is 6.37. The van der Waals surface area contributed by atoms with Gasteiger partial charge in [0.1, 0.15) is 0 Å². The first-order valence-electron chi connectivity index (χ1n) is 6.25. The predicted molar refractivity (Wildman–Crippen MR) is 73.2 cm³/mol. The molecule has 1 atom stereocenters. The highest BCUT2D eigenvalue weighted by atomic mass is 32.2. The molecule has 20 heavy (non-hydrogen) atoms. The number of aliphatic carboxylic acids is 1. The average Bonchev–Trinajstić information content (AvgIpc) is 2.66. The van der Waals surface area contributed by atoms with Crippen molar-refractivity contribution in [2.45, 2.75) is 25.8 Å². The molecule has 1 aliphatic heterocycles. The lowest BCUT2D eigenvalue weighted by Crippen LogP contribution is -2.48. The molecule has 1 unspecified atom stereocenters. The highest BCUT2D eigenvalue weighted by molar-refractivity contribution is 7.91. The fraction of sp³-hybridized carbons (Fsp3) is 0.900. The van der Waals surface area contributed by atoms with Crippen molar-refractivity contribution < 1.29 is 26.7 Å². The maximum atomic E-state index is 12.3. The summed E-state index contributed by atoms with van der Waals surface area (Å²) in [6.45, 7) is 1.64. The fourth-order valence-electron chi connectivity index (χ4n) is 2.16. The van der Waals surface area contributed by atoms with Gasteiger partial charge in [-0.25, -0.2) is 8.42 Å². The monoisotopic (exact) mass is 328 g/mol. The molecule has 1 heterocycles. The quantitative estimate of drug-likeness (QED) is 0.651. The van der Waals surface area contributed by atoms with Crippen molar-refractivity contribution in [2.75, 3.05) is 31.6 Å². The summed E-state index contributed by atoms with van der Waals surface area (Å²) in [4.78, 5) is 10.5. The molecule has 0 bridgehead atoms. The largest absolute Gasteiger partial charge is 0.481 e. The zero-order valence-electron chi connectivity index (χ0n) is 11.5. The van der Waals surface area contributed by atoms with E-state index < -0.39 is 32.1 Å². The van der Waals surface area contributed by atoms with Crippen LogP contribution in [-0.4, -0.2) is 74.2 Å². The van der Waals surface area contributed by atoms with E-state index in [2.05, 4.69) is 0 Å². The summed E-state index contributed by atoms with van der Waals surface area (Å²) >= 11 is 0. The Bertz CT molecular complexity index is 556. The van der Waals surface area contributed by atoms with Crippen molar-refractivity contribution in [1.82, 2.24) is 8.61 Å². The molecule has 10 heteroatoms. The van der Waals surface area contributed by atoms with Gasteiger partial charge in [0.2, 0.25) is 0 Å². The molecular weight excluding hydrogens is 308 g/mol. The summed E-state index contributed by atoms with van der Waals surface area (Å²) in [7, 11) is -5.73. The van der Waals surface area contributed by atoms with E-state index in [1.807, 2.05) is 0 Å². The van der Waals surface area contributed by atoms with Gasteiger partial charge >= 0.3 is 5.97 Å². The molecule has 0 radical (unpaired) electrons. The van der Waals surface area contributed by atoms with Gasteiger partial charge in [-0.05, 0) is 6.42 Å². The molecule has 0 aromatic rings. The summed E-state index contributed by atoms with van der Waals surface area (Å²) in [5.74, 6) is -1.27. The number of carbonyl (C=O) groups is 1. The van der Waals surface area contributed by atoms with E-state index in [0.717, 1.165) is 8.61 Å². The topological polar surface area (TPSA) is 112 Å². The molecule has 8 nitrogen and oxygen atoms in total. The van der Waals surface area contributed by atoms with Gasteiger partial charge in [0.25, 0.3) is 10.2 Å². The van der Waals surface area contributed by atoms with Crippen LogP contribution < -0.4 is 0 Å². The van der Waals surface area contributed by atoms with E-state index in [1.165, 1.54) is 7.05 Å². The van der Waals surface area contributed by atoms with Crippen LogP contribution in [-0.2, 0) is 24.8 Å². The third-order valence-corrected chi connectivity index (χ3v) is 7.13. The van der Waals surface area contributed by atoms with E-state index in [1.54, 1.807) is 6.92 Å². The summed E-state index contributed by atoms with van der Waals surface area (Å²) in [6, 6.07) is -0.567. The molecule has 1 rings (SSSR count). The predicted octanol–water partition coefficient (Wildman–Crippen LogP) is -0.853. The molecule has 0 aromatic heterocycles. The molecule has 0 amide bonds. The first-order valence-corrected chi connectivity index (χ1v) is 9.47. The van der Waals surface area contributed by atoms with Gasteiger partial charge in [-0.2, -0.15) is 17.0 Å². The highest BCUT2D eigenvalue weighted by Gasteiger charge is 2.38. The fourth-order valence-corrected chi connectivity index (χ4v) is 5.55. The van der Waals surface area contributed by atoms with E-state index in [9.17, 15) is 21.6 Å². The molecule has 118 valence electrons. The van der Waals surface area contributed by atoms with Crippen molar-refractivity contribution in [3.05, 3.63) is 0 Å². The van der Waals surface area contributed by atoms with E-state index in [4.69, 9.17) is 5.11 Å². The van der Waals surface area contributed by atoms with Crippen LogP contribution in [0.5, 0.6) is 0 Å². The highest BCUT2D eigenvalue weighted by Crippen LogP contribution is 2.21. The second-order valence-corrected chi connectivity index (χ2v) is 8.95. The third kappa shape index (κ3) is 4.14. The van der Waals surface area contributed by atoms with Crippen LogP contribution in [0.4, 0.5) is 0 Å². The first-order chi connectivity index (χ1) is 9.10. The standard InChI is InChI=1S/C10H20N2O6S2/c1-3-12(9-5-7-19(15,16)8-9)20(17,18)11(2)6-4-10(13)14/h9H,3-8H2,1-2H3,(H,13,14). The molecule has 0 aromatic carbocycles. The molecule has 1 saturated heterocycles. The van der Waals surface area contributed by atoms with Gasteiger partial charge in [0.15, 0.2) is 9.84 Å². The Balaban J connectivity index is 2.85. The SMILES string of the molecule is CCN(C1CCS(=O)(=O)C1)S(=O)(=O)N(C)CCC(=O)O. The van der Waals surface area contributed by atoms with E-state index in [-0.39, 0.29) is 37.4 Å². The number of carboxylic acids is 1. The lowest BCUT2D eigenvalue weighted by molar-refractivity contribution is -0.137. The summed E-state index contributed by atoms with van der Waals surface area (Å²) in [5, 5.41) is 8.59. The molecule has 1 fully saturated rings.